The molecule has 0 radical (unpaired) electrons. The van der Waals surface area contributed by atoms with Crippen LogP contribution in [-0.4, -0.2) is 31.2 Å². The van der Waals surface area contributed by atoms with Gasteiger partial charge >= 0.3 is 0 Å². The molecule has 0 amide bonds. The molecule has 0 N–H and O–H groups in total. The molecule has 1 aliphatic heterocycles. The van der Waals surface area contributed by atoms with Gasteiger partial charge in [-0.05, 0) is 40.0 Å². The zero-order valence-corrected chi connectivity index (χ0v) is 8.29. The highest BCUT2D eigenvalue weighted by Gasteiger charge is 2.14. The maximum Gasteiger partial charge on any atom is 0.0616 e. The van der Waals surface area contributed by atoms with Crippen LogP contribution in [0.2, 0.25) is 0 Å². The molecule has 0 saturated carbocycles. The highest BCUT2D eigenvalue weighted by atomic mass is 31.1. The predicted octanol–water partition coefficient (Wildman–Crippen LogP) is 1.47. The summed E-state index contributed by atoms with van der Waals surface area (Å²) in [7, 11) is 1.69. The van der Waals surface area contributed by atoms with Crippen LogP contribution in [0.15, 0.2) is 0 Å². The van der Waals surface area contributed by atoms with E-state index in [0.717, 1.165) is 6.04 Å². The van der Waals surface area contributed by atoms with Crippen molar-refractivity contribution in [3.8, 4) is 0 Å². The first-order chi connectivity index (χ1) is 4.72. The van der Waals surface area contributed by atoms with E-state index in [1.807, 2.05) is 0 Å². The van der Waals surface area contributed by atoms with Gasteiger partial charge in [-0.15, -0.1) is 0 Å². The third-order valence-corrected chi connectivity index (χ3v) is 1.89. The average Bonchev–Trinajstić information content (AvgIpc) is 2.19. The van der Waals surface area contributed by atoms with Crippen molar-refractivity contribution in [1.29, 1.82) is 0 Å². The lowest BCUT2D eigenvalue weighted by molar-refractivity contribution is 0.331. The van der Waals surface area contributed by atoms with Crippen LogP contribution in [-0.2, 0) is 4.57 Å². The van der Waals surface area contributed by atoms with E-state index in [2.05, 4.69) is 18.9 Å². The van der Waals surface area contributed by atoms with E-state index in [1.54, 1.807) is 6.66 Å². The van der Waals surface area contributed by atoms with Crippen molar-refractivity contribution >= 4 is 8.46 Å². The molecular weight excluding hydrogens is 145 g/mol. The Labute approximate surface area is 64.8 Å². The van der Waals surface area contributed by atoms with Crippen molar-refractivity contribution in [2.45, 2.75) is 25.8 Å². The van der Waals surface area contributed by atoms with Crippen LogP contribution in [0.4, 0.5) is 0 Å². The third kappa shape index (κ3) is 4.08. The van der Waals surface area contributed by atoms with Crippen LogP contribution >= 0.6 is 8.46 Å². The Hall–Kier alpha value is 0.190. The quantitative estimate of drug-likeness (QED) is 0.504. The van der Waals surface area contributed by atoms with Crippen molar-refractivity contribution < 1.29 is 4.57 Å². The molecule has 2 atom stereocenters. The zero-order chi connectivity index (χ0) is 7.98. The second-order valence-corrected chi connectivity index (χ2v) is 3.18. The summed E-state index contributed by atoms with van der Waals surface area (Å²) in [5.74, 6) is 0. The Morgan fingerprint density at radius 3 is 2.20 bits per heavy atom. The van der Waals surface area contributed by atoms with Crippen molar-refractivity contribution in [1.82, 2.24) is 4.90 Å². The lowest BCUT2D eigenvalue weighted by Gasteiger charge is -2.12. The Bertz CT molecular complexity index is 89.6. The predicted molar refractivity (Wildman–Crippen MR) is 47.6 cm³/mol. The van der Waals surface area contributed by atoms with E-state index in [0.29, 0.717) is 0 Å². The van der Waals surface area contributed by atoms with E-state index < -0.39 is 8.46 Å². The van der Waals surface area contributed by atoms with Crippen molar-refractivity contribution in [3.63, 3.8) is 0 Å². The van der Waals surface area contributed by atoms with E-state index >= 15 is 0 Å². The number of rotatable bonds is 0. The summed E-state index contributed by atoms with van der Waals surface area (Å²) in [6, 6.07) is 0.847. The van der Waals surface area contributed by atoms with Gasteiger partial charge in [0.1, 0.15) is 0 Å². The first kappa shape index (κ1) is 10.2. The van der Waals surface area contributed by atoms with E-state index in [4.69, 9.17) is 4.57 Å². The van der Waals surface area contributed by atoms with E-state index in [1.165, 1.54) is 19.4 Å². The molecule has 0 aromatic rings. The molecule has 3 heteroatoms. The van der Waals surface area contributed by atoms with Crippen LogP contribution in [0.3, 0.4) is 0 Å². The topological polar surface area (TPSA) is 20.3 Å². The van der Waals surface area contributed by atoms with Gasteiger partial charge in [0.15, 0.2) is 0 Å². The van der Waals surface area contributed by atoms with Crippen LogP contribution in [0.1, 0.15) is 19.8 Å². The molecule has 0 bridgehead atoms. The second kappa shape index (κ2) is 5.94. The minimum Gasteiger partial charge on any atom is -0.330 e. The lowest BCUT2D eigenvalue weighted by atomic mass is 10.3. The number of hydrogen-bond acceptors (Lipinski definition) is 2. The van der Waals surface area contributed by atoms with Gasteiger partial charge in [-0.2, -0.15) is 0 Å². The largest absolute Gasteiger partial charge is 0.330 e. The summed E-state index contributed by atoms with van der Waals surface area (Å²) in [6.07, 6.45) is 2.80. The molecule has 0 aliphatic carbocycles. The molecule has 1 fully saturated rings. The molecule has 2 unspecified atom stereocenters. The van der Waals surface area contributed by atoms with Gasteiger partial charge in [-0.1, -0.05) is 0 Å². The number of likely N-dealkylation sites (tertiary alicyclic amines) is 1. The van der Waals surface area contributed by atoms with Gasteiger partial charge in [-0.3, -0.25) is 0 Å². The standard InChI is InChI=1S/C6H13N.CH5OP/c1-6-4-3-5-7(6)2;1-3-2/h6H,3-5H2,1-2H3;3H2,1H3. The molecular formula is C7H18NOP. The second-order valence-electron chi connectivity index (χ2n) is 2.71. The minimum absolute atomic E-state index is 0.500. The molecule has 10 heavy (non-hydrogen) atoms. The Balaban J connectivity index is 0.000000236. The normalized spacial score (nSPS) is 26.9. The Kier molecular flexibility index (Phi) is 6.05. The molecule has 62 valence electrons. The number of nitrogens with zero attached hydrogens (tertiary/aromatic N) is 1. The van der Waals surface area contributed by atoms with Gasteiger partial charge in [0.05, 0.1) is 8.46 Å². The van der Waals surface area contributed by atoms with Crippen molar-refractivity contribution in [3.05, 3.63) is 0 Å². The molecule has 0 aromatic carbocycles. The summed E-state index contributed by atoms with van der Waals surface area (Å²) < 4.78 is 9.01. The molecule has 1 saturated heterocycles. The summed E-state index contributed by atoms with van der Waals surface area (Å²) in [6.45, 7) is 5.24. The molecule has 1 heterocycles. The van der Waals surface area contributed by atoms with Gasteiger partial charge in [0.2, 0.25) is 0 Å². The Morgan fingerprint density at radius 1 is 1.60 bits per heavy atom. The molecule has 1 rings (SSSR count). The van der Waals surface area contributed by atoms with Crippen LogP contribution < -0.4 is 0 Å². The molecule has 1 aliphatic rings. The maximum atomic E-state index is 9.01. The molecule has 0 spiro atoms. The lowest BCUT2D eigenvalue weighted by Crippen LogP contribution is -2.20. The van der Waals surface area contributed by atoms with Crippen LogP contribution in [0.5, 0.6) is 0 Å². The SMILES string of the molecule is CC1CCCN1C.C[PH2]=O. The van der Waals surface area contributed by atoms with Crippen molar-refractivity contribution in [2.24, 2.45) is 0 Å². The summed E-state index contributed by atoms with van der Waals surface area (Å²) >= 11 is 0. The zero-order valence-electron chi connectivity index (χ0n) is 7.13. The molecule has 0 aromatic heterocycles. The highest BCUT2D eigenvalue weighted by molar-refractivity contribution is 7.22. The van der Waals surface area contributed by atoms with Crippen molar-refractivity contribution in [2.75, 3.05) is 20.3 Å². The fourth-order valence-electron chi connectivity index (χ4n) is 1.08. The fraction of sp³-hybridized carbons (Fsp3) is 1.00. The van der Waals surface area contributed by atoms with Crippen LogP contribution in [0.25, 0.3) is 0 Å². The first-order valence-electron chi connectivity index (χ1n) is 3.82. The third-order valence-electron chi connectivity index (χ3n) is 1.89. The van der Waals surface area contributed by atoms with E-state index in [9.17, 15) is 0 Å². The van der Waals surface area contributed by atoms with Gasteiger partial charge in [-0.25, -0.2) is 0 Å². The maximum absolute atomic E-state index is 9.01. The van der Waals surface area contributed by atoms with Gasteiger partial charge in [0, 0.05) is 6.04 Å². The highest BCUT2D eigenvalue weighted by Crippen LogP contribution is 2.12. The smallest absolute Gasteiger partial charge is 0.0616 e. The summed E-state index contributed by atoms with van der Waals surface area (Å²) in [4.78, 5) is 2.40. The van der Waals surface area contributed by atoms with Gasteiger partial charge in [0.25, 0.3) is 0 Å². The van der Waals surface area contributed by atoms with Gasteiger partial charge < -0.3 is 9.46 Å². The number of hydrogen-bond donors (Lipinski definition) is 0. The molecule has 2 nitrogen and oxygen atoms in total. The summed E-state index contributed by atoms with van der Waals surface area (Å²) in [5.41, 5.74) is 0. The van der Waals surface area contributed by atoms with Crippen LogP contribution in [0, 0.1) is 0 Å². The monoisotopic (exact) mass is 163 g/mol. The van der Waals surface area contributed by atoms with E-state index in [-0.39, 0.29) is 0 Å². The first-order valence-corrected chi connectivity index (χ1v) is 5.45. The fourth-order valence-corrected chi connectivity index (χ4v) is 1.08. The Morgan fingerprint density at radius 2 is 2.10 bits per heavy atom. The minimum atomic E-state index is -0.500. The average molecular weight is 163 g/mol. The summed E-state index contributed by atoms with van der Waals surface area (Å²) in [5, 5.41) is 0.